The molecule has 1 atom stereocenters. The maximum Gasteiger partial charge on any atom is 0.229 e. The van der Waals surface area contributed by atoms with E-state index < -0.39 is 11.5 Å². The van der Waals surface area contributed by atoms with Gasteiger partial charge >= 0.3 is 0 Å². The Morgan fingerprint density at radius 2 is 1.83 bits per heavy atom. The predicted octanol–water partition coefficient (Wildman–Crippen LogP) is 5.05. The fourth-order valence-electron chi connectivity index (χ4n) is 3.36. The van der Waals surface area contributed by atoms with Gasteiger partial charge in [-0.3, -0.25) is 14.7 Å². The Bertz CT molecular complexity index is 1200. The molecule has 7 heteroatoms. The number of nitrogens with one attached hydrogen (secondary N) is 1. The summed E-state index contributed by atoms with van der Waals surface area (Å²) in [6.45, 7) is 1.59. The molecular weight excluding hydrogens is 405 g/mol. The number of benzene rings is 3. The van der Waals surface area contributed by atoms with Crippen molar-refractivity contribution in [1.82, 2.24) is 9.55 Å². The number of amides is 1. The lowest BCUT2D eigenvalue weighted by molar-refractivity contribution is -0.120. The van der Waals surface area contributed by atoms with E-state index in [4.69, 9.17) is 11.6 Å². The molecule has 0 saturated carbocycles. The SMILES string of the molecule is CC(O)(CC(=O)Nc1nc2ccc(Cl)cc2n1-c1ccc(F)cc1)c1ccccc1. The molecule has 1 unspecified atom stereocenters. The highest BCUT2D eigenvalue weighted by molar-refractivity contribution is 6.31. The molecule has 152 valence electrons. The lowest BCUT2D eigenvalue weighted by Crippen LogP contribution is -2.29. The molecule has 0 bridgehead atoms. The number of aliphatic hydroxyl groups is 1. The third kappa shape index (κ3) is 4.06. The number of hydrogen-bond acceptors (Lipinski definition) is 3. The van der Waals surface area contributed by atoms with Gasteiger partial charge in [-0.2, -0.15) is 0 Å². The van der Waals surface area contributed by atoms with Crippen LogP contribution in [0.15, 0.2) is 72.8 Å². The average molecular weight is 424 g/mol. The van der Waals surface area contributed by atoms with Crippen LogP contribution in [0.2, 0.25) is 5.02 Å². The van der Waals surface area contributed by atoms with Gasteiger partial charge in [-0.15, -0.1) is 0 Å². The molecule has 4 rings (SSSR count). The molecule has 0 fully saturated rings. The second-order valence-electron chi connectivity index (χ2n) is 7.25. The van der Waals surface area contributed by atoms with Crippen LogP contribution >= 0.6 is 11.6 Å². The van der Waals surface area contributed by atoms with Crippen LogP contribution < -0.4 is 5.32 Å². The summed E-state index contributed by atoms with van der Waals surface area (Å²) in [5.74, 6) is -0.521. The van der Waals surface area contributed by atoms with Crippen molar-refractivity contribution in [1.29, 1.82) is 0 Å². The summed E-state index contributed by atoms with van der Waals surface area (Å²) in [6.07, 6.45) is -0.162. The molecule has 2 N–H and O–H groups in total. The Kier molecular flexibility index (Phi) is 5.28. The van der Waals surface area contributed by atoms with Gasteiger partial charge in [-0.05, 0) is 55.0 Å². The molecule has 0 radical (unpaired) electrons. The Morgan fingerprint density at radius 1 is 1.13 bits per heavy atom. The van der Waals surface area contributed by atoms with Gasteiger partial charge in [0.15, 0.2) is 0 Å². The fraction of sp³-hybridized carbons (Fsp3) is 0.130. The highest BCUT2D eigenvalue weighted by atomic mass is 35.5. The van der Waals surface area contributed by atoms with E-state index in [-0.39, 0.29) is 18.2 Å². The zero-order valence-electron chi connectivity index (χ0n) is 16.1. The maximum absolute atomic E-state index is 13.4. The third-order valence-corrected chi connectivity index (χ3v) is 5.09. The Hall–Kier alpha value is -3.22. The minimum atomic E-state index is -1.35. The van der Waals surface area contributed by atoms with Crippen LogP contribution in [0.3, 0.4) is 0 Å². The molecule has 0 spiro atoms. The van der Waals surface area contributed by atoms with Crippen LogP contribution in [0.25, 0.3) is 16.7 Å². The summed E-state index contributed by atoms with van der Waals surface area (Å²) in [5, 5.41) is 14.1. The number of hydrogen-bond donors (Lipinski definition) is 2. The predicted molar refractivity (Wildman–Crippen MR) is 115 cm³/mol. The van der Waals surface area contributed by atoms with Gasteiger partial charge in [-0.25, -0.2) is 9.37 Å². The first kappa shape index (κ1) is 20.1. The lowest BCUT2D eigenvalue weighted by atomic mass is 9.92. The minimum Gasteiger partial charge on any atom is -0.385 e. The van der Waals surface area contributed by atoms with Gasteiger partial charge in [0, 0.05) is 10.7 Å². The highest BCUT2D eigenvalue weighted by Crippen LogP contribution is 2.29. The van der Waals surface area contributed by atoms with E-state index in [1.165, 1.54) is 12.1 Å². The Morgan fingerprint density at radius 3 is 2.53 bits per heavy atom. The van der Waals surface area contributed by atoms with Crippen LogP contribution in [-0.2, 0) is 10.4 Å². The van der Waals surface area contributed by atoms with E-state index >= 15 is 0 Å². The standard InChI is InChI=1S/C23H19ClFN3O2/c1-23(30,15-5-3-2-4-6-15)14-21(29)27-22-26-19-12-7-16(24)13-20(19)28(22)18-10-8-17(25)9-11-18/h2-13,30H,14H2,1H3,(H,26,27,29). The van der Waals surface area contributed by atoms with Gasteiger partial charge in [0.2, 0.25) is 11.9 Å². The van der Waals surface area contributed by atoms with Crippen LogP contribution in [0, 0.1) is 5.82 Å². The summed E-state index contributed by atoms with van der Waals surface area (Å²) in [5.41, 5.74) is 1.19. The zero-order chi connectivity index (χ0) is 21.3. The molecule has 1 aromatic heterocycles. The molecule has 5 nitrogen and oxygen atoms in total. The number of nitrogens with zero attached hydrogens (tertiary/aromatic N) is 2. The number of aromatic nitrogens is 2. The molecule has 1 amide bonds. The fourth-order valence-corrected chi connectivity index (χ4v) is 3.53. The molecular formula is C23H19ClFN3O2. The van der Waals surface area contributed by atoms with E-state index in [2.05, 4.69) is 10.3 Å². The van der Waals surface area contributed by atoms with E-state index in [9.17, 15) is 14.3 Å². The van der Waals surface area contributed by atoms with Crippen LogP contribution in [-0.4, -0.2) is 20.6 Å². The molecule has 0 aliphatic heterocycles. The van der Waals surface area contributed by atoms with E-state index in [1.807, 2.05) is 6.07 Å². The largest absolute Gasteiger partial charge is 0.385 e. The van der Waals surface area contributed by atoms with E-state index in [0.717, 1.165) is 0 Å². The zero-order valence-corrected chi connectivity index (χ0v) is 16.9. The minimum absolute atomic E-state index is 0.162. The topological polar surface area (TPSA) is 67.2 Å². The average Bonchev–Trinajstić information content (AvgIpc) is 3.05. The van der Waals surface area contributed by atoms with Crippen LogP contribution in [0.1, 0.15) is 18.9 Å². The summed E-state index contributed by atoms with van der Waals surface area (Å²) in [4.78, 5) is 17.3. The summed E-state index contributed by atoms with van der Waals surface area (Å²) < 4.78 is 15.1. The van der Waals surface area contributed by atoms with Crippen molar-refractivity contribution < 1.29 is 14.3 Å². The normalized spacial score (nSPS) is 13.2. The first-order valence-corrected chi connectivity index (χ1v) is 9.73. The summed E-state index contributed by atoms with van der Waals surface area (Å²) in [7, 11) is 0. The van der Waals surface area contributed by atoms with E-state index in [1.54, 1.807) is 66.1 Å². The Balaban J connectivity index is 1.69. The van der Waals surface area contributed by atoms with Crippen molar-refractivity contribution in [2.75, 3.05) is 5.32 Å². The molecule has 0 aliphatic rings. The van der Waals surface area contributed by atoms with Gasteiger partial charge in [-0.1, -0.05) is 41.9 Å². The maximum atomic E-state index is 13.4. The number of halogens is 2. The van der Waals surface area contributed by atoms with Gasteiger partial charge < -0.3 is 5.11 Å². The monoisotopic (exact) mass is 423 g/mol. The van der Waals surface area contributed by atoms with Crippen molar-refractivity contribution in [3.05, 3.63) is 89.2 Å². The third-order valence-electron chi connectivity index (χ3n) is 4.85. The van der Waals surface area contributed by atoms with Gasteiger partial charge in [0.05, 0.1) is 23.1 Å². The molecule has 0 saturated heterocycles. The molecule has 1 heterocycles. The molecule has 3 aromatic carbocycles. The van der Waals surface area contributed by atoms with Crippen LogP contribution in [0.4, 0.5) is 10.3 Å². The van der Waals surface area contributed by atoms with Crippen molar-refractivity contribution in [2.24, 2.45) is 0 Å². The Labute approximate surface area is 177 Å². The number of carbonyl (C=O) groups excluding carboxylic acids is 1. The van der Waals surface area contributed by atoms with Gasteiger partial charge in [0.25, 0.3) is 0 Å². The van der Waals surface area contributed by atoms with Crippen LogP contribution in [0.5, 0.6) is 0 Å². The quantitative estimate of drug-likeness (QED) is 0.471. The molecule has 30 heavy (non-hydrogen) atoms. The summed E-state index contributed by atoms with van der Waals surface area (Å²) in [6, 6.07) is 20.0. The van der Waals surface area contributed by atoms with Crippen molar-refractivity contribution in [3.63, 3.8) is 0 Å². The second-order valence-corrected chi connectivity index (χ2v) is 7.68. The lowest BCUT2D eigenvalue weighted by Gasteiger charge is -2.23. The number of carbonyl (C=O) groups is 1. The number of fused-ring (bicyclic) bond motifs is 1. The molecule has 0 aliphatic carbocycles. The highest BCUT2D eigenvalue weighted by Gasteiger charge is 2.27. The van der Waals surface area contributed by atoms with Crippen molar-refractivity contribution in [2.45, 2.75) is 18.9 Å². The smallest absolute Gasteiger partial charge is 0.229 e. The van der Waals surface area contributed by atoms with Gasteiger partial charge in [0.1, 0.15) is 5.82 Å². The summed E-state index contributed by atoms with van der Waals surface area (Å²) >= 11 is 6.15. The van der Waals surface area contributed by atoms with Crippen molar-refractivity contribution >= 4 is 34.5 Å². The van der Waals surface area contributed by atoms with E-state index in [0.29, 0.717) is 27.3 Å². The molecule has 4 aromatic rings. The first-order chi connectivity index (χ1) is 14.3. The van der Waals surface area contributed by atoms with Crippen molar-refractivity contribution in [3.8, 4) is 5.69 Å². The number of anilines is 1. The first-order valence-electron chi connectivity index (χ1n) is 9.35. The number of rotatable bonds is 5. The number of imidazole rings is 1. The second kappa shape index (κ2) is 7.89.